The average molecular weight is 442 g/mol. The van der Waals surface area contributed by atoms with Crippen LogP contribution < -0.4 is 10.2 Å². The Bertz CT molecular complexity index is 1580. The van der Waals surface area contributed by atoms with E-state index in [0.717, 1.165) is 0 Å². The molecule has 5 aromatic rings. The zero-order valence-electron chi connectivity index (χ0n) is 17.5. The molecule has 164 valence electrons. The zero-order chi connectivity index (χ0) is 23.1. The van der Waals surface area contributed by atoms with Gasteiger partial charge in [0.25, 0.3) is 0 Å². The maximum Gasteiger partial charge on any atom is 0.307 e. The van der Waals surface area contributed by atoms with Crippen LogP contribution in [0.4, 0.5) is 0 Å². The standard InChI is InChI=1S/C26H18O7/c1-31-19-10-6-5-9-15(19)17-13-32-26-22-16(11-21(28)29)25(14-7-3-2-4-8-14)33-20(22)12-18(27)23(26)24(17)30/h2-10,12-13,27H,11H2,1H3,(H,28,29). The van der Waals surface area contributed by atoms with Crippen molar-refractivity contribution in [1.29, 1.82) is 0 Å². The highest BCUT2D eigenvalue weighted by Gasteiger charge is 2.25. The van der Waals surface area contributed by atoms with Crippen molar-refractivity contribution in [3.05, 3.63) is 82.7 Å². The van der Waals surface area contributed by atoms with Gasteiger partial charge in [-0.1, -0.05) is 48.5 Å². The molecule has 0 aliphatic rings. The lowest BCUT2D eigenvalue weighted by atomic mass is 9.99. The normalized spacial score (nSPS) is 11.2. The van der Waals surface area contributed by atoms with E-state index in [1.165, 1.54) is 19.4 Å². The quantitative estimate of drug-likeness (QED) is 0.384. The van der Waals surface area contributed by atoms with Crippen molar-refractivity contribution in [3.8, 4) is 33.9 Å². The summed E-state index contributed by atoms with van der Waals surface area (Å²) >= 11 is 0. The summed E-state index contributed by atoms with van der Waals surface area (Å²) in [6.45, 7) is 0. The third-order valence-corrected chi connectivity index (χ3v) is 5.54. The van der Waals surface area contributed by atoms with Gasteiger partial charge in [0.2, 0.25) is 5.43 Å². The number of hydrogen-bond donors (Lipinski definition) is 2. The van der Waals surface area contributed by atoms with E-state index in [1.807, 2.05) is 18.2 Å². The summed E-state index contributed by atoms with van der Waals surface area (Å²) in [5, 5.41) is 20.6. The molecule has 2 N–H and O–H groups in total. The minimum absolute atomic E-state index is 0.0574. The van der Waals surface area contributed by atoms with E-state index in [4.69, 9.17) is 13.6 Å². The Morgan fingerprint density at radius 2 is 1.73 bits per heavy atom. The van der Waals surface area contributed by atoms with E-state index in [-0.39, 0.29) is 34.3 Å². The molecule has 7 nitrogen and oxygen atoms in total. The fraction of sp³-hybridized carbons (Fsp3) is 0.0769. The molecule has 0 radical (unpaired) electrons. The van der Waals surface area contributed by atoms with Gasteiger partial charge >= 0.3 is 5.97 Å². The van der Waals surface area contributed by atoms with E-state index in [2.05, 4.69) is 0 Å². The molecular formula is C26H18O7. The molecule has 5 rings (SSSR count). The minimum atomic E-state index is -1.07. The molecule has 2 aromatic heterocycles. The first-order chi connectivity index (χ1) is 16.0. The largest absolute Gasteiger partial charge is 0.507 e. The number of aromatic hydroxyl groups is 1. The number of methoxy groups -OCH3 is 1. The third-order valence-electron chi connectivity index (χ3n) is 5.54. The number of para-hydroxylation sites is 1. The smallest absolute Gasteiger partial charge is 0.307 e. The van der Waals surface area contributed by atoms with Gasteiger partial charge in [0, 0.05) is 22.8 Å². The van der Waals surface area contributed by atoms with Crippen LogP contribution in [0, 0.1) is 0 Å². The van der Waals surface area contributed by atoms with Crippen molar-refractivity contribution >= 4 is 27.9 Å². The highest BCUT2D eigenvalue weighted by atomic mass is 16.5. The van der Waals surface area contributed by atoms with Crippen molar-refractivity contribution < 1.29 is 28.6 Å². The number of benzene rings is 3. The van der Waals surface area contributed by atoms with E-state index >= 15 is 0 Å². The molecule has 0 saturated heterocycles. The zero-order valence-corrected chi connectivity index (χ0v) is 17.5. The Labute approximate surface area is 187 Å². The number of carboxylic acid groups (broad SMARTS) is 1. The number of furan rings is 1. The average Bonchev–Trinajstić information content (AvgIpc) is 3.17. The van der Waals surface area contributed by atoms with Crippen molar-refractivity contribution in [1.82, 2.24) is 0 Å². The SMILES string of the molecule is COc1ccccc1-c1coc2c(c(O)cc3oc(-c4ccccc4)c(CC(=O)O)c32)c1=O. The molecule has 33 heavy (non-hydrogen) atoms. The lowest BCUT2D eigenvalue weighted by Gasteiger charge is -2.09. The summed E-state index contributed by atoms with van der Waals surface area (Å²) in [6, 6.07) is 17.3. The van der Waals surface area contributed by atoms with Crippen molar-refractivity contribution in [2.75, 3.05) is 7.11 Å². The number of phenols is 1. The Balaban J connectivity index is 1.86. The van der Waals surface area contributed by atoms with Crippen LogP contribution in [0.25, 0.3) is 44.4 Å². The molecule has 0 amide bonds. The fourth-order valence-corrected chi connectivity index (χ4v) is 4.11. The van der Waals surface area contributed by atoms with Crippen LogP contribution in [0.3, 0.4) is 0 Å². The second-order valence-electron chi connectivity index (χ2n) is 7.50. The number of ether oxygens (including phenoxy) is 1. The van der Waals surface area contributed by atoms with Crippen LogP contribution in [-0.2, 0) is 11.2 Å². The first-order valence-electron chi connectivity index (χ1n) is 10.1. The number of carboxylic acids is 1. The van der Waals surface area contributed by atoms with Gasteiger partial charge in [-0.2, -0.15) is 0 Å². The molecule has 0 unspecified atom stereocenters. The Morgan fingerprint density at radius 3 is 2.45 bits per heavy atom. The number of aliphatic carboxylic acids is 1. The van der Waals surface area contributed by atoms with Crippen LogP contribution >= 0.6 is 0 Å². The summed E-state index contributed by atoms with van der Waals surface area (Å²) in [7, 11) is 1.50. The molecule has 0 spiro atoms. The van der Waals surface area contributed by atoms with E-state index in [0.29, 0.717) is 33.6 Å². The second kappa shape index (κ2) is 7.87. The van der Waals surface area contributed by atoms with E-state index < -0.39 is 11.4 Å². The van der Waals surface area contributed by atoms with Crippen LogP contribution in [-0.4, -0.2) is 23.3 Å². The molecule has 0 saturated carbocycles. The van der Waals surface area contributed by atoms with Gasteiger partial charge in [-0.25, -0.2) is 0 Å². The Hall–Kier alpha value is -4.52. The summed E-state index contributed by atoms with van der Waals surface area (Å²) in [4.78, 5) is 25.1. The van der Waals surface area contributed by atoms with Crippen LogP contribution in [0.15, 0.2) is 80.6 Å². The number of phenolic OH excluding ortho intramolecular Hbond substituents is 1. The van der Waals surface area contributed by atoms with Crippen molar-refractivity contribution in [2.24, 2.45) is 0 Å². The van der Waals surface area contributed by atoms with Crippen LogP contribution in [0.5, 0.6) is 11.5 Å². The topological polar surface area (TPSA) is 110 Å². The number of rotatable bonds is 5. The first kappa shape index (κ1) is 20.4. The van der Waals surface area contributed by atoms with Gasteiger partial charge in [0.05, 0.1) is 24.5 Å². The molecule has 2 heterocycles. The van der Waals surface area contributed by atoms with Crippen molar-refractivity contribution in [2.45, 2.75) is 6.42 Å². The molecule has 3 aromatic carbocycles. The number of hydrogen-bond acceptors (Lipinski definition) is 6. The van der Waals surface area contributed by atoms with E-state index in [1.54, 1.807) is 36.4 Å². The second-order valence-corrected chi connectivity index (χ2v) is 7.50. The predicted octanol–water partition coefficient (Wildman–Crippen LogP) is 5.21. The van der Waals surface area contributed by atoms with Crippen LogP contribution in [0.2, 0.25) is 0 Å². The highest BCUT2D eigenvalue weighted by Crippen LogP contribution is 2.41. The van der Waals surface area contributed by atoms with Gasteiger partial charge in [-0.3, -0.25) is 9.59 Å². The maximum atomic E-state index is 13.4. The molecule has 0 fully saturated rings. The fourth-order valence-electron chi connectivity index (χ4n) is 4.11. The predicted molar refractivity (Wildman–Crippen MR) is 123 cm³/mol. The molecular weight excluding hydrogens is 424 g/mol. The summed E-state index contributed by atoms with van der Waals surface area (Å²) in [5.74, 6) is -0.565. The number of fused-ring (bicyclic) bond motifs is 3. The first-order valence-corrected chi connectivity index (χ1v) is 10.1. The molecule has 0 aliphatic carbocycles. The molecule has 7 heteroatoms. The lowest BCUT2D eigenvalue weighted by molar-refractivity contribution is -0.136. The van der Waals surface area contributed by atoms with Gasteiger partial charge in [0.1, 0.15) is 34.5 Å². The Morgan fingerprint density at radius 1 is 1.00 bits per heavy atom. The molecule has 0 atom stereocenters. The van der Waals surface area contributed by atoms with Crippen LogP contribution in [0.1, 0.15) is 5.56 Å². The lowest BCUT2D eigenvalue weighted by Crippen LogP contribution is -2.07. The van der Waals surface area contributed by atoms with E-state index in [9.17, 15) is 19.8 Å². The molecule has 0 bridgehead atoms. The minimum Gasteiger partial charge on any atom is -0.507 e. The summed E-state index contributed by atoms with van der Waals surface area (Å²) in [5.41, 5.74) is 1.58. The third kappa shape index (κ3) is 3.30. The summed E-state index contributed by atoms with van der Waals surface area (Å²) < 4.78 is 17.2. The van der Waals surface area contributed by atoms with Gasteiger partial charge in [-0.05, 0) is 6.07 Å². The van der Waals surface area contributed by atoms with Gasteiger partial charge in [0.15, 0.2) is 5.58 Å². The monoisotopic (exact) mass is 442 g/mol. The number of carbonyl (C=O) groups is 1. The maximum absolute atomic E-state index is 13.4. The van der Waals surface area contributed by atoms with Gasteiger partial charge in [-0.15, -0.1) is 0 Å². The highest BCUT2D eigenvalue weighted by molar-refractivity contribution is 6.10. The summed E-state index contributed by atoms with van der Waals surface area (Å²) in [6.07, 6.45) is 0.941. The Kier molecular flexibility index (Phi) is 4.86. The van der Waals surface area contributed by atoms with Crippen molar-refractivity contribution in [3.63, 3.8) is 0 Å². The van der Waals surface area contributed by atoms with Gasteiger partial charge < -0.3 is 23.8 Å². The molecule has 0 aliphatic heterocycles.